The van der Waals surface area contributed by atoms with Crippen LogP contribution in [0.15, 0.2) is 36.4 Å². The number of carbonyl (C=O) groups is 2. The van der Waals surface area contributed by atoms with Gasteiger partial charge in [0.25, 0.3) is 5.91 Å². The van der Waals surface area contributed by atoms with Gasteiger partial charge in [-0.1, -0.05) is 0 Å². The number of ether oxygens (including phenoxy) is 3. The summed E-state index contributed by atoms with van der Waals surface area (Å²) in [6, 6.07) is 10.7. The van der Waals surface area contributed by atoms with Crippen LogP contribution in [0.3, 0.4) is 0 Å². The van der Waals surface area contributed by atoms with E-state index in [1.54, 1.807) is 12.1 Å². The van der Waals surface area contributed by atoms with Crippen molar-refractivity contribution in [2.24, 2.45) is 0 Å². The van der Waals surface area contributed by atoms with E-state index in [1.165, 1.54) is 38.8 Å². The third-order valence-electron chi connectivity index (χ3n) is 4.90. The van der Waals surface area contributed by atoms with E-state index in [4.69, 9.17) is 9.47 Å². The van der Waals surface area contributed by atoms with Gasteiger partial charge in [0.1, 0.15) is 0 Å². The van der Waals surface area contributed by atoms with E-state index in [0.717, 1.165) is 24.3 Å². The first-order chi connectivity index (χ1) is 14.0. The number of anilines is 2. The molecule has 1 aliphatic rings. The topological polar surface area (TPSA) is 77.1 Å². The van der Waals surface area contributed by atoms with Crippen molar-refractivity contribution in [1.29, 1.82) is 0 Å². The van der Waals surface area contributed by atoms with E-state index < -0.39 is 5.97 Å². The van der Waals surface area contributed by atoms with Crippen molar-refractivity contribution in [2.45, 2.75) is 19.8 Å². The number of nitrogens with one attached hydrogen (secondary N) is 1. The Morgan fingerprint density at radius 2 is 1.79 bits per heavy atom. The first kappa shape index (κ1) is 20.5. The minimum Gasteiger partial charge on any atom is -0.493 e. The van der Waals surface area contributed by atoms with Crippen LogP contribution in [0.5, 0.6) is 11.5 Å². The summed E-state index contributed by atoms with van der Waals surface area (Å²) in [6.45, 7) is 3.96. The molecule has 2 aromatic carbocycles. The highest BCUT2D eigenvalue weighted by atomic mass is 16.5. The van der Waals surface area contributed by atoms with E-state index >= 15 is 0 Å². The molecule has 3 rings (SSSR count). The van der Waals surface area contributed by atoms with Gasteiger partial charge in [-0.25, -0.2) is 4.79 Å². The van der Waals surface area contributed by atoms with E-state index in [0.29, 0.717) is 17.1 Å². The molecule has 0 aliphatic carbocycles. The predicted molar refractivity (Wildman–Crippen MR) is 111 cm³/mol. The van der Waals surface area contributed by atoms with E-state index in [1.807, 2.05) is 19.1 Å². The Hall–Kier alpha value is -3.22. The van der Waals surface area contributed by atoms with Crippen molar-refractivity contribution >= 4 is 23.3 Å². The zero-order valence-electron chi connectivity index (χ0n) is 17.0. The van der Waals surface area contributed by atoms with Gasteiger partial charge in [-0.2, -0.15) is 0 Å². The maximum absolute atomic E-state index is 12.3. The molecule has 2 aromatic rings. The molecule has 0 radical (unpaired) electrons. The Labute approximate surface area is 170 Å². The first-order valence-corrected chi connectivity index (χ1v) is 9.56. The number of methoxy groups -OCH3 is 2. The SMILES string of the molecule is COC(=O)c1ccc(OCC(=O)Nc2ccc(N3CCCC3)cc2C)c(OC)c1. The van der Waals surface area contributed by atoms with Crippen molar-refractivity contribution < 1.29 is 23.8 Å². The van der Waals surface area contributed by atoms with Gasteiger partial charge in [0.05, 0.1) is 19.8 Å². The number of esters is 1. The molecule has 0 atom stereocenters. The predicted octanol–water partition coefficient (Wildman–Crippen LogP) is 3.41. The number of hydrogen-bond acceptors (Lipinski definition) is 6. The fourth-order valence-corrected chi connectivity index (χ4v) is 3.32. The summed E-state index contributed by atoms with van der Waals surface area (Å²) < 4.78 is 15.5. The number of carbonyl (C=O) groups excluding carboxylic acids is 2. The molecule has 0 saturated carbocycles. The maximum atomic E-state index is 12.3. The molecule has 0 unspecified atom stereocenters. The van der Waals surface area contributed by atoms with E-state index in [9.17, 15) is 9.59 Å². The number of amides is 1. The van der Waals surface area contributed by atoms with Crippen LogP contribution in [-0.4, -0.2) is 45.8 Å². The van der Waals surface area contributed by atoms with Crippen LogP contribution in [0.2, 0.25) is 0 Å². The summed E-state index contributed by atoms with van der Waals surface area (Å²) in [6.07, 6.45) is 2.44. The summed E-state index contributed by atoms with van der Waals surface area (Å²) in [5, 5.41) is 2.88. The van der Waals surface area contributed by atoms with Gasteiger partial charge < -0.3 is 24.4 Å². The number of benzene rings is 2. The summed E-state index contributed by atoms with van der Waals surface area (Å²) in [4.78, 5) is 26.3. The minimum atomic E-state index is -0.472. The average Bonchev–Trinajstić information content (AvgIpc) is 3.28. The smallest absolute Gasteiger partial charge is 0.337 e. The average molecular weight is 398 g/mol. The highest BCUT2D eigenvalue weighted by molar-refractivity contribution is 5.93. The molecular formula is C22H26N2O5. The van der Waals surface area contributed by atoms with Crippen LogP contribution in [0.4, 0.5) is 11.4 Å². The summed E-state index contributed by atoms with van der Waals surface area (Å²) in [7, 11) is 2.78. The van der Waals surface area contributed by atoms with Crippen LogP contribution in [-0.2, 0) is 9.53 Å². The normalized spacial score (nSPS) is 13.1. The molecular weight excluding hydrogens is 372 g/mol. The molecule has 1 aliphatic heterocycles. The summed E-state index contributed by atoms with van der Waals surface area (Å²) in [5.41, 5.74) is 3.29. The third kappa shape index (κ3) is 4.99. The monoisotopic (exact) mass is 398 g/mol. The molecule has 0 bridgehead atoms. The molecule has 7 nitrogen and oxygen atoms in total. The van der Waals surface area contributed by atoms with Crippen molar-refractivity contribution in [1.82, 2.24) is 0 Å². The molecule has 1 fully saturated rings. The number of nitrogens with zero attached hydrogens (tertiary/aromatic N) is 1. The number of aryl methyl sites for hydroxylation is 1. The third-order valence-corrected chi connectivity index (χ3v) is 4.90. The zero-order valence-corrected chi connectivity index (χ0v) is 17.0. The van der Waals surface area contributed by atoms with Gasteiger partial charge in [-0.15, -0.1) is 0 Å². The highest BCUT2D eigenvalue weighted by Crippen LogP contribution is 2.29. The van der Waals surface area contributed by atoms with E-state index in [-0.39, 0.29) is 12.5 Å². The lowest BCUT2D eigenvalue weighted by atomic mass is 10.1. The Bertz CT molecular complexity index is 891. The van der Waals surface area contributed by atoms with Crippen molar-refractivity contribution in [2.75, 3.05) is 44.1 Å². The largest absolute Gasteiger partial charge is 0.493 e. The fourth-order valence-electron chi connectivity index (χ4n) is 3.32. The lowest BCUT2D eigenvalue weighted by molar-refractivity contribution is -0.118. The number of hydrogen-bond donors (Lipinski definition) is 1. The van der Waals surface area contributed by atoms with Gasteiger partial charge in [0.15, 0.2) is 18.1 Å². The van der Waals surface area contributed by atoms with Gasteiger partial charge in [0.2, 0.25) is 0 Å². The standard InChI is InChI=1S/C22H26N2O5/c1-15-12-17(24-10-4-5-11-24)7-8-18(15)23-21(25)14-29-19-9-6-16(22(26)28-3)13-20(19)27-2/h6-9,12-13H,4-5,10-11,14H2,1-3H3,(H,23,25). The van der Waals surface area contributed by atoms with Crippen LogP contribution in [0.1, 0.15) is 28.8 Å². The Kier molecular flexibility index (Phi) is 6.59. The lowest BCUT2D eigenvalue weighted by Gasteiger charge is -2.19. The molecule has 1 heterocycles. The molecule has 1 saturated heterocycles. The lowest BCUT2D eigenvalue weighted by Crippen LogP contribution is -2.21. The molecule has 0 aromatic heterocycles. The van der Waals surface area contributed by atoms with Gasteiger partial charge in [0, 0.05) is 24.5 Å². The second kappa shape index (κ2) is 9.32. The fraction of sp³-hybridized carbons (Fsp3) is 0.364. The number of rotatable bonds is 7. The molecule has 1 amide bonds. The van der Waals surface area contributed by atoms with Crippen LogP contribution in [0.25, 0.3) is 0 Å². The minimum absolute atomic E-state index is 0.179. The van der Waals surface area contributed by atoms with Crippen molar-refractivity contribution in [3.8, 4) is 11.5 Å². The van der Waals surface area contributed by atoms with E-state index in [2.05, 4.69) is 21.0 Å². The van der Waals surface area contributed by atoms with Gasteiger partial charge >= 0.3 is 5.97 Å². The Morgan fingerprint density at radius 1 is 1.03 bits per heavy atom. The van der Waals surface area contributed by atoms with Crippen molar-refractivity contribution in [3.63, 3.8) is 0 Å². The van der Waals surface area contributed by atoms with Gasteiger partial charge in [-0.05, 0) is 61.7 Å². The molecule has 7 heteroatoms. The van der Waals surface area contributed by atoms with Crippen LogP contribution >= 0.6 is 0 Å². The second-order valence-corrected chi connectivity index (χ2v) is 6.89. The molecule has 154 valence electrons. The Balaban J connectivity index is 1.60. The highest BCUT2D eigenvalue weighted by Gasteiger charge is 2.15. The Morgan fingerprint density at radius 3 is 2.45 bits per heavy atom. The maximum Gasteiger partial charge on any atom is 0.337 e. The van der Waals surface area contributed by atoms with Gasteiger partial charge in [-0.3, -0.25) is 4.79 Å². The molecule has 29 heavy (non-hydrogen) atoms. The van der Waals surface area contributed by atoms with Crippen molar-refractivity contribution in [3.05, 3.63) is 47.5 Å². The summed E-state index contributed by atoms with van der Waals surface area (Å²) >= 11 is 0. The van der Waals surface area contributed by atoms with Crippen LogP contribution < -0.4 is 19.7 Å². The zero-order chi connectivity index (χ0) is 20.8. The summed E-state index contributed by atoms with van der Waals surface area (Å²) in [5.74, 6) is -0.0233. The second-order valence-electron chi connectivity index (χ2n) is 6.89. The molecule has 0 spiro atoms. The quantitative estimate of drug-likeness (QED) is 0.721. The first-order valence-electron chi connectivity index (χ1n) is 9.56. The molecule has 1 N–H and O–H groups in total. The van der Waals surface area contributed by atoms with Crippen LogP contribution in [0, 0.1) is 6.92 Å².